The molecule has 2 amide bonds. The van der Waals surface area contributed by atoms with Crippen molar-refractivity contribution in [2.75, 3.05) is 19.6 Å². The number of benzene rings is 1. The van der Waals surface area contributed by atoms with Crippen LogP contribution in [0.4, 0.5) is 13.2 Å². The van der Waals surface area contributed by atoms with Gasteiger partial charge in [0.1, 0.15) is 5.75 Å². The van der Waals surface area contributed by atoms with Crippen molar-refractivity contribution in [1.29, 1.82) is 0 Å². The maximum atomic E-state index is 12.1. The zero-order valence-electron chi connectivity index (χ0n) is 13.2. The Morgan fingerprint density at radius 3 is 2.54 bits per heavy atom. The average Bonchev–Trinajstić information content (AvgIpc) is 2.88. The number of ether oxygens (including phenoxy) is 1. The summed E-state index contributed by atoms with van der Waals surface area (Å²) in [6.45, 7) is 3.25. The molecule has 132 valence electrons. The van der Waals surface area contributed by atoms with Crippen molar-refractivity contribution >= 4 is 11.8 Å². The lowest BCUT2D eigenvalue weighted by Crippen LogP contribution is -2.34. The predicted molar refractivity (Wildman–Crippen MR) is 80.2 cm³/mol. The van der Waals surface area contributed by atoms with Gasteiger partial charge in [-0.05, 0) is 31.0 Å². The highest BCUT2D eigenvalue weighted by Crippen LogP contribution is 2.22. The number of hydrogen-bond donors (Lipinski definition) is 1. The van der Waals surface area contributed by atoms with E-state index < -0.39 is 6.36 Å². The van der Waals surface area contributed by atoms with Crippen LogP contribution in [0.25, 0.3) is 0 Å². The number of rotatable bonds is 6. The van der Waals surface area contributed by atoms with Crippen LogP contribution in [-0.4, -0.2) is 42.7 Å². The first-order valence-electron chi connectivity index (χ1n) is 7.68. The summed E-state index contributed by atoms with van der Waals surface area (Å²) in [6, 6.07) is 5.51. The molecule has 1 aromatic carbocycles. The molecule has 1 aromatic rings. The molecular formula is C16H19F3N2O3. The molecule has 2 rings (SSSR count). The molecule has 1 aliphatic heterocycles. The van der Waals surface area contributed by atoms with Crippen molar-refractivity contribution in [2.45, 2.75) is 26.1 Å². The van der Waals surface area contributed by atoms with Crippen LogP contribution in [0, 0.1) is 5.92 Å². The number of carbonyl (C=O) groups excluding carboxylic acids is 2. The van der Waals surface area contributed by atoms with Gasteiger partial charge in [0, 0.05) is 26.1 Å². The molecule has 0 radical (unpaired) electrons. The Labute approximate surface area is 137 Å². The SMILES string of the molecule is CCN1C[C@H](C(=O)NCCc2ccc(OC(F)(F)F)cc2)CC1=O. The summed E-state index contributed by atoms with van der Waals surface area (Å²) in [5.41, 5.74) is 0.780. The molecule has 1 N–H and O–H groups in total. The Bertz CT molecular complexity index is 587. The van der Waals surface area contributed by atoms with Crippen molar-refractivity contribution in [1.82, 2.24) is 10.2 Å². The number of likely N-dealkylation sites (tertiary alicyclic amines) is 1. The van der Waals surface area contributed by atoms with Gasteiger partial charge in [0.2, 0.25) is 11.8 Å². The van der Waals surface area contributed by atoms with E-state index in [1.165, 1.54) is 24.3 Å². The third-order valence-corrected chi connectivity index (χ3v) is 3.84. The van der Waals surface area contributed by atoms with E-state index in [4.69, 9.17) is 0 Å². The van der Waals surface area contributed by atoms with Crippen LogP contribution in [0.15, 0.2) is 24.3 Å². The third-order valence-electron chi connectivity index (χ3n) is 3.84. The van der Waals surface area contributed by atoms with Gasteiger partial charge in [-0.25, -0.2) is 0 Å². The minimum absolute atomic E-state index is 0.0158. The number of alkyl halides is 3. The van der Waals surface area contributed by atoms with Crippen LogP contribution >= 0.6 is 0 Å². The topological polar surface area (TPSA) is 58.6 Å². The summed E-state index contributed by atoms with van der Waals surface area (Å²) in [4.78, 5) is 25.3. The summed E-state index contributed by atoms with van der Waals surface area (Å²) in [5, 5.41) is 2.76. The van der Waals surface area contributed by atoms with Gasteiger partial charge in [0.15, 0.2) is 0 Å². The maximum absolute atomic E-state index is 12.1. The highest BCUT2D eigenvalue weighted by Gasteiger charge is 2.33. The van der Waals surface area contributed by atoms with Gasteiger partial charge in [0.05, 0.1) is 5.92 Å². The normalized spacial score (nSPS) is 17.9. The first kappa shape index (κ1) is 18.1. The summed E-state index contributed by atoms with van der Waals surface area (Å²) >= 11 is 0. The molecule has 5 nitrogen and oxygen atoms in total. The van der Waals surface area contributed by atoms with Crippen molar-refractivity contribution in [3.63, 3.8) is 0 Å². The van der Waals surface area contributed by atoms with Crippen molar-refractivity contribution in [3.8, 4) is 5.75 Å². The van der Waals surface area contributed by atoms with Crippen molar-refractivity contribution < 1.29 is 27.5 Å². The lowest BCUT2D eigenvalue weighted by Gasteiger charge is -2.13. The van der Waals surface area contributed by atoms with Gasteiger partial charge in [-0.2, -0.15) is 0 Å². The van der Waals surface area contributed by atoms with Crippen LogP contribution in [0.2, 0.25) is 0 Å². The number of carbonyl (C=O) groups is 2. The first-order valence-corrected chi connectivity index (χ1v) is 7.68. The fourth-order valence-corrected chi connectivity index (χ4v) is 2.59. The Balaban J connectivity index is 1.76. The summed E-state index contributed by atoms with van der Waals surface area (Å²) in [5.74, 6) is -0.798. The van der Waals surface area contributed by atoms with Crippen LogP contribution < -0.4 is 10.1 Å². The standard InChI is InChI=1S/C16H19F3N2O3/c1-2-21-10-12(9-14(21)22)15(23)20-8-7-11-3-5-13(6-4-11)24-16(17,18)19/h3-6,12H,2,7-10H2,1H3,(H,20,23)/t12-/m1/s1. The minimum Gasteiger partial charge on any atom is -0.406 e. The van der Waals surface area contributed by atoms with Crippen molar-refractivity contribution in [2.24, 2.45) is 5.92 Å². The highest BCUT2D eigenvalue weighted by atomic mass is 19.4. The highest BCUT2D eigenvalue weighted by molar-refractivity contribution is 5.89. The Kier molecular flexibility index (Phi) is 5.69. The van der Waals surface area contributed by atoms with E-state index in [2.05, 4.69) is 10.1 Å². The quantitative estimate of drug-likeness (QED) is 0.860. The van der Waals surface area contributed by atoms with Gasteiger partial charge in [-0.1, -0.05) is 12.1 Å². The van der Waals surface area contributed by atoms with E-state index in [1.807, 2.05) is 6.92 Å². The van der Waals surface area contributed by atoms with E-state index in [-0.39, 0.29) is 29.9 Å². The predicted octanol–water partition coefficient (Wildman–Crippen LogP) is 2.11. The molecule has 1 saturated heterocycles. The fourth-order valence-electron chi connectivity index (χ4n) is 2.59. The second-order valence-electron chi connectivity index (χ2n) is 5.57. The first-order chi connectivity index (χ1) is 11.3. The average molecular weight is 344 g/mol. The number of nitrogens with zero attached hydrogens (tertiary/aromatic N) is 1. The summed E-state index contributed by atoms with van der Waals surface area (Å²) in [6.07, 6.45) is -4.00. The number of amides is 2. The number of nitrogens with one attached hydrogen (secondary N) is 1. The molecule has 0 aliphatic carbocycles. The zero-order valence-corrected chi connectivity index (χ0v) is 13.2. The van der Waals surface area contributed by atoms with E-state index in [9.17, 15) is 22.8 Å². The van der Waals surface area contributed by atoms with Gasteiger partial charge in [-0.15, -0.1) is 13.2 Å². The zero-order chi connectivity index (χ0) is 17.7. The molecule has 0 saturated carbocycles. The van der Waals surface area contributed by atoms with E-state index in [1.54, 1.807) is 4.90 Å². The number of halogens is 3. The fraction of sp³-hybridized carbons (Fsp3) is 0.500. The lowest BCUT2D eigenvalue weighted by atomic mass is 10.1. The Morgan fingerprint density at radius 2 is 2.00 bits per heavy atom. The number of hydrogen-bond acceptors (Lipinski definition) is 3. The second kappa shape index (κ2) is 7.55. The molecule has 1 atom stereocenters. The minimum atomic E-state index is -4.71. The molecule has 1 aliphatic rings. The van der Waals surface area contributed by atoms with Crippen LogP contribution in [0.1, 0.15) is 18.9 Å². The molecule has 0 spiro atoms. The van der Waals surface area contributed by atoms with Crippen LogP contribution in [-0.2, 0) is 16.0 Å². The van der Waals surface area contributed by atoms with E-state index in [0.29, 0.717) is 26.1 Å². The van der Waals surface area contributed by atoms with E-state index >= 15 is 0 Å². The molecule has 0 aromatic heterocycles. The Morgan fingerprint density at radius 1 is 1.33 bits per heavy atom. The molecule has 8 heteroatoms. The molecule has 24 heavy (non-hydrogen) atoms. The second-order valence-corrected chi connectivity index (χ2v) is 5.57. The summed E-state index contributed by atoms with van der Waals surface area (Å²) in [7, 11) is 0. The monoisotopic (exact) mass is 344 g/mol. The van der Waals surface area contributed by atoms with Gasteiger partial charge >= 0.3 is 6.36 Å². The van der Waals surface area contributed by atoms with Gasteiger partial charge < -0.3 is 15.0 Å². The van der Waals surface area contributed by atoms with Crippen molar-refractivity contribution in [3.05, 3.63) is 29.8 Å². The Hall–Kier alpha value is -2.25. The van der Waals surface area contributed by atoms with E-state index in [0.717, 1.165) is 5.56 Å². The molecular weight excluding hydrogens is 325 g/mol. The lowest BCUT2D eigenvalue weighted by molar-refractivity contribution is -0.274. The third kappa shape index (κ3) is 5.14. The molecule has 1 heterocycles. The van der Waals surface area contributed by atoms with Crippen LogP contribution in [0.5, 0.6) is 5.75 Å². The largest absolute Gasteiger partial charge is 0.573 e. The van der Waals surface area contributed by atoms with Gasteiger partial charge in [-0.3, -0.25) is 9.59 Å². The summed E-state index contributed by atoms with van der Waals surface area (Å²) < 4.78 is 40.0. The molecule has 0 bridgehead atoms. The maximum Gasteiger partial charge on any atom is 0.573 e. The molecule has 0 unspecified atom stereocenters. The van der Waals surface area contributed by atoms with Crippen LogP contribution in [0.3, 0.4) is 0 Å². The molecule has 1 fully saturated rings. The van der Waals surface area contributed by atoms with Gasteiger partial charge in [0.25, 0.3) is 0 Å². The smallest absolute Gasteiger partial charge is 0.406 e.